The summed E-state index contributed by atoms with van der Waals surface area (Å²) in [6.07, 6.45) is 0. The van der Waals surface area contributed by atoms with E-state index in [0.29, 0.717) is 27.7 Å². The van der Waals surface area contributed by atoms with E-state index in [2.05, 4.69) is 21.6 Å². The van der Waals surface area contributed by atoms with E-state index in [-0.39, 0.29) is 5.78 Å². The Morgan fingerprint density at radius 2 is 1.80 bits per heavy atom. The molecular weight excluding hydrogens is 437 g/mol. The van der Waals surface area contributed by atoms with E-state index < -0.39 is 0 Å². The molecule has 1 aliphatic rings. The summed E-state index contributed by atoms with van der Waals surface area (Å²) in [7, 11) is 0. The molecule has 0 aliphatic carbocycles. The summed E-state index contributed by atoms with van der Waals surface area (Å²) in [4.78, 5) is 15.5. The molecule has 0 bridgehead atoms. The van der Waals surface area contributed by atoms with Crippen molar-refractivity contribution in [1.82, 2.24) is 9.47 Å². The number of halogens is 2. The van der Waals surface area contributed by atoms with Crippen molar-refractivity contribution in [2.75, 3.05) is 12.3 Å². The number of ketones is 1. The number of nitrogens with two attached hydrogens (primary N) is 1. The molecule has 7 heteroatoms. The van der Waals surface area contributed by atoms with Gasteiger partial charge in [-0.15, -0.1) is 11.3 Å². The maximum Gasteiger partial charge on any atom is 0.196 e. The zero-order valence-electron chi connectivity index (χ0n) is 16.1. The second-order valence-corrected chi connectivity index (χ2v) is 9.32. The van der Waals surface area contributed by atoms with Crippen molar-refractivity contribution >= 4 is 56.2 Å². The van der Waals surface area contributed by atoms with Crippen molar-refractivity contribution in [3.8, 4) is 0 Å². The van der Waals surface area contributed by atoms with Crippen LogP contribution in [0.15, 0.2) is 53.9 Å². The number of hydrogen-bond donors (Lipinski definition) is 1. The van der Waals surface area contributed by atoms with E-state index in [1.165, 1.54) is 22.5 Å². The maximum atomic E-state index is 13.1. The predicted octanol–water partition coefficient (Wildman–Crippen LogP) is 5.84. The first-order chi connectivity index (χ1) is 14.5. The first kappa shape index (κ1) is 19.6. The Balaban J connectivity index is 1.40. The van der Waals surface area contributed by atoms with Gasteiger partial charge < -0.3 is 10.3 Å². The monoisotopic (exact) mass is 455 g/mol. The lowest BCUT2D eigenvalue weighted by molar-refractivity contribution is 0.103. The first-order valence-corrected chi connectivity index (χ1v) is 11.3. The number of nitrogens with zero attached hydrogens (tertiary/aromatic N) is 2. The molecule has 1 aliphatic heterocycles. The van der Waals surface area contributed by atoms with Gasteiger partial charge in [0.1, 0.15) is 0 Å². The average molecular weight is 456 g/mol. The summed E-state index contributed by atoms with van der Waals surface area (Å²) in [6, 6.07) is 15.2. The highest BCUT2D eigenvalue weighted by Crippen LogP contribution is 2.31. The Morgan fingerprint density at radius 3 is 2.60 bits per heavy atom. The predicted molar refractivity (Wildman–Crippen MR) is 125 cm³/mol. The number of nitrogen functional groups attached to an aromatic ring is 1. The summed E-state index contributed by atoms with van der Waals surface area (Å²) in [5.41, 5.74) is 10.9. The van der Waals surface area contributed by atoms with Gasteiger partial charge in [-0.05, 0) is 59.5 Å². The van der Waals surface area contributed by atoms with Crippen molar-refractivity contribution in [3.05, 3.63) is 86.3 Å². The number of aromatic nitrogens is 1. The highest BCUT2D eigenvalue weighted by atomic mass is 35.5. The fraction of sp³-hybridized carbons (Fsp3) is 0.174. The lowest BCUT2D eigenvalue weighted by atomic mass is 10.0. The summed E-state index contributed by atoms with van der Waals surface area (Å²) >= 11 is 13.5. The van der Waals surface area contributed by atoms with E-state index in [4.69, 9.17) is 28.9 Å². The zero-order chi connectivity index (χ0) is 20.8. The molecule has 0 saturated heterocycles. The minimum Gasteiger partial charge on any atom is -0.390 e. The van der Waals surface area contributed by atoms with Crippen LogP contribution in [-0.2, 0) is 19.6 Å². The second-order valence-electron chi connectivity index (χ2n) is 7.54. The van der Waals surface area contributed by atoms with Gasteiger partial charge in [0, 0.05) is 58.4 Å². The molecule has 30 heavy (non-hydrogen) atoms. The van der Waals surface area contributed by atoms with Crippen LogP contribution in [0.5, 0.6) is 0 Å². The third-order valence-corrected chi connectivity index (χ3v) is 6.95. The third kappa shape index (κ3) is 3.52. The number of rotatable bonds is 4. The number of anilines is 1. The largest absolute Gasteiger partial charge is 0.390 e. The molecule has 2 aromatic carbocycles. The molecule has 0 radical (unpaired) electrons. The standard InChI is InChI=1S/C23H19Cl2N3OS/c24-17-3-1-14(2-4-17)22(29)21-16(13-30-23(21)26)11-27-7-8-28-19(12-27)10-15-9-18(25)5-6-20(15)28/h1-6,9-10,13H,7-8,11-12,26H2. The van der Waals surface area contributed by atoms with E-state index in [1.54, 1.807) is 24.3 Å². The molecule has 5 rings (SSSR count). The van der Waals surface area contributed by atoms with Gasteiger partial charge in [-0.2, -0.15) is 0 Å². The molecule has 0 saturated carbocycles. The number of benzene rings is 2. The van der Waals surface area contributed by atoms with Crippen LogP contribution in [0.25, 0.3) is 10.9 Å². The Kier molecular flexibility index (Phi) is 5.07. The minimum absolute atomic E-state index is 0.0545. The highest BCUT2D eigenvalue weighted by molar-refractivity contribution is 7.14. The Labute approximate surface area is 188 Å². The number of thiophene rings is 1. The molecular formula is C23H19Cl2N3OS. The minimum atomic E-state index is -0.0545. The average Bonchev–Trinajstić information content (AvgIpc) is 3.27. The van der Waals surface area contributed by atoms with Crippen molar-refractivity contribution in [1.29, 1.82) is 0 Å². The second kappa shape index (κ2) is 7.75. The van der Waals surface area contributed by atoms with Gasteiger partial charge in [-0.1, -0.05) is 23.2 Å². The Morgan fingerprint density at radius 1 is 1.03 bits per heavy atom. The summed E-state index contributed by atoms with van der Waals surface area (Å²) < 4.78 is 2.35. The third-order valence-electron chi connectivity index (χ3n) is 5.60. The Hall–Kier alpha value is -2.31. The molecule has 2 N–H and O–H groups in total. The van der Waals surface area contributed by atoms with E-state index in [9.17, 15) is 4.79 Å². The van der Waals surface area contributed by atoms with Crippen LogP contribution in [0.4, 0.5) is 5.00 Å². The van der Waals surface area contributed by atoms with Gasteiger partial charge in [0.2, 0.25) is 0 Å². The van der Waals surface area contributed by atoms with Crippen LogP contribution < -0.4 is 5.73 Å². The molecule has 0 unspecified atom stereocenters. The van der Waals surface area contributed by atoms with Crippen LogP contribution in [0.2, 0.25) is 10.0 Å². The van der Waals surface area contributed by atoms with Crippen LogP contribution in [0, 0.1) is 0 Å². The number of carbonyl (C=O) groups is 1. The maximum absolute atomic E-state index is 13.1. The van der Waals surface area contributed by atoms with Crippen molar-refractivity contribution in [2.45, 2.75) is 19.6 Å². The van der Waals surface area contributed by atoms with Crippen molar-refractivity contribution in [2.24, 2.45) is 0 Å². The molecule has 4 nitrogen and oxygen atoms in total. The molecule has 3 heterocycles. The number of hydrogen-bond acceptors (Lipinski definition) is 4. The lowest BCUT2D eigenvalue weighted by Crippen LogP contribution is -2.33. The molecule has 0 fully saturated rings. The van der Waals surface area contributed by atoms with Crippen LogP contribution in [-0.4, -0.2) is 21.8 Å². The van der Waals surface area contributed by atoms with Crippen molar-refractivity contribution < 1.29 is 4.79 Å². The molecule has 152 valence electrons. The quantitative estimate of drug-likeness (QED) is 0.393. The SMILES string of the molecule is Nc1scc(CN2CCn3c(cc4cc(Cl)ccc43)C2)c1C(=O)c1ccc(Cl)cc1. The first-order valence-electron chi connectivity index (χ1n) is 9.66. The van der Waals surface area contributed by atoms with Crippen LogP contribution in [0.1, 0.15) is 27.2 Å². The smallest absolute Gasteiger partial charge is 0.196 e. The number of fused-ring (bicyclic) bond motifs is 3. The highest BCUT2D eigenvalue weighted by Gasteiger charge is 2.23. The van der Waals surface area contributed by atoms with Gasteiger partial charge in [-0.3, -0.25) is 9.69 Å². The van der Waals surface area contributed by atoms with Gasteiger partial charge in [0.25, 0.3) is 0 Å². The van der Waals surface area contributed by atoms with Crippen molar-refractivity contribution in [3.63, 3.8) is 0 Å². The van der Waals surface area contributed by atoms with Gasteiger partial charge >= 0.3 is 0 Å². The molecule has 2 aromatic heterocycles. The summed E-state index contributed by atoms with van der Waals surface area (Å²) in [6.45, 7) is 3.31. The van der Waals surface area contributed by atoms with E-state index in [1.807, 2.05) is 17.5 Å². The van der Waals surface area contributed by atoms with Gasteiger partial charge in [-0.25, -0.2) is 0 Å². The van der Waals surface area contributed by atoms with Gasteiger partial charge in [0.05, 0.1) is 10.6 Å². The normalized spacial score (nSPS) is 14.2. The van der Waals surface area contributed by atoms with Crippen LogP contribution >= 0.6 is 34.5 Å². The topological polar surface area (TPSA) is 51.3 Å². The molecule has 0 atom stereocenters. The molecule has 0 spiro atoms. The fourth-order valence-electron chi connectivity index (χ4n) is 4.15. The fourth-order valence-corrected chi connectivity index (χ4v) is 5.26. The zero-order valence-corrected chi connectivity index (χ0v) is 18.4. The van der Waals surface area contributed by atoms with Crippen LogP contribution in [0.3, 0.4) is 0 Å². The summed E-state index contributed by atoms with van der Waals surface area (Å²) in [5, 5.41) is 5.09. The lowest BCUT2D eigenvalue weighted by Gasteiger charge is -2.29. The molecule has 4 aromatic rings. The molecule has 0 amide bonds. The number of carbonyl (C=O) groups excluding carboxylic acids is 1. The Bertz CT molecular complexity index is 1260. The van der Waals surface area contributed by atoms with E-state index in [0.717, 1.165) is 35.6 Å². The van der Waals surface area contributed by atoms with E-state index >= 15 is 0 Å². The van der Waals surface area contributed by atoms with Gasteiger partial charge in [0.15, 0.2) is 5.78 Å². The summed E-state index contributed by atoms with van der Waals surface area (Å²) in [5.74, 6) is -0.0545.